The van der Waals surface area contributed by atoms with Gasteiger partial charge in [-0.05, 0) is 139 Å². The summed E-state index contributed by atoms with van der Waals surface area (Å²) in [6.45, 7) is 6.61. The van der Waals surface area contributed by atoms with Gasteiger partial charge in [0.25, 0.3) is 0 Å². The predicted octanol–water partition coefficient (Wildman–Crippen LogP) is 16.4. The molecule has 2 aliphatic rings. The summed E-state index contributed by atoms with van der Waals surface area (Å²) in [5, 5.41) is 14.7. The van der Waals surface area contributed by atoms with Crippen LogP contribution in [0.2, 0.25) is 0 Å². The lowest BCUT2D eigenvalue weighted by Crippen LogP contribution is -2.19. The van der Waals surface area contributed by atoms with Crippen LogP contribution in [0.5, 0.6) is 0 Å². The van der Waals surface area contributed by atoms with E-state index < -0.39 is 0 Å². The Morgan fingerprint density at radius 1 is 0.522 bits per heavy atom. The number of rotatable bonds is 5. The van der Waals surface area contributed by atoms with Crippen molar-refractivity contribution in [3.8, 4) is 23.0 Å². The molecule has 3 aromatic heterocycles. The van der Waals surface area contributed by atoms with Crippen LogP contribution in [0.4, 0.5) is 0 Å². The number of aryl methyl sites for hydroxylation is 1. The minimum Gasteiger partial charge on any atom is -0.309 e. The fourth-order valence-electron chi connectivity index (χ4n) is 12.3. The van der Waals surface area contributed by atoms with E-state index in [2.05, 4.69) is 224 Å². The topological polar surface area (TPSA) is 48.5 Å². The molecule has 2 aliphatic carbocycles. The van der Waals surface area contributed by atoms with Crippen LogP contribution in [-0.4, -0.2) is 24.1 Å². The van der Waals surface area contributed by atoms with E-state index in [1.54, 1.807) is 0 Å². The molecule has 0 saturated carbocycles. The van der Waals surface area contributed by atoms with Crippen LogP contribution in [0.25, 0.3) is 134 Å². The molecule has 5 heteroatoms. The Hall–Kier alpha value is -8.67. The third-order valence-corrected chi connectivity index (χ3v) is 15.4. The number of aromatic nitrogens is 5. The maximum absolute atomic E-state index is 5.66. The van der Waals surface area contributed by atoms with Crippen LogP contribution in [0.3, 0.4) is 0 Å². The van der Waals surface area contributed by atoms with Gasteiger partial charge in [0.05, 0.1) is 22.1 Å². The Balaban J connectivity index is 1.04. The van der Waals surface area contributed by atoms with Crippen LogP contribution in [0, 0.1) is 12.8 Å². The van der Waals surface area contributed by atoms with Gasteiger partial charge in [-0.15, -0.1) is 0 Å². The molecule has 0 radical (unpaired) electrons. The van der Waals surface area contributed by atoms with Crippen molar-refractivity contribution in [2.45, 2.75) is 26.7 Å². The van der Waals surface area contributed by atoms with E-state index >= 15 is 0 Å². The van der Waals surface area contributed by atoms with E-state index in [1.807, 2.05) is 0 Å². The second kappa shape index (κ2) is 14.2. The molecule has 5 nitrogen and oxygen atoms in total. The molecule has 2 atom stereocenters. The van der Waals surface area contributed by atoms with E-state index in [-0.39, 0.29) is 11.8 Å². The van der Waals surface area contributed by atoms with Gasteiger partial charge in [-0.2, -0.15) is 9.97 Å². The SMILES string of the molecule is C/C=C\c1cc(-n2c3ccccc3c3c2ccc2c4ccccc4n(-c4nc(C5=Cc6ccc7cccc8c7c6C(C=C8)C5C)nc(-c5cc6ccc7cccc8ccc(c5)c6c78)n4)c23)ccc1C. The fraction of sp³-hybridized carbons (Fsp3) is 0.0781. The summed E-state index contributed by atoms with van der Waals surface area (Å²) in [6, 6.07) is 60.3. The third-order valence-electron chi connectivity index (χ3n) is 15.4. The number of allylic oxidation sites excluding steroid dienone is 3. The van der Waals surface area contributed by atoms with Crippen LogP contribution >= 0.6 is 0 Å². The monoisotopic (exact) mass is 881 g/mol. The summed E-state index contributed by atoms with van der Waals surface area (Å²) >= 11 is 0. The van der Waals surface area contributed by atoms with Crippen molar-refractivity contribution >= 4 is 111 Å². The summed E-state index contributed by atoms with van der Waals surface area (Å²) in [5.74, 6) is 2.22. The maximum Gasteiger partial charge on any atom is 0.238 e. The fourth-order valence-corrected chi connectivity index (χ4v) is 12.3. The number of hydrogen-bond donors (Lipinski definition) is 0. The molecule has 0 amide bonds. The second-order valence-corrected chi connectivity index (χ2v) is 19.2. The molecule has 15 rings (SSSR count). The molecule has 69 heavy (non-hydrogen) atoms. The van der Waals surface area contributed by atoms with Crippen molar-refractivity contribution in [2.24, 2.45) is 5.92 Å². The van der Waals surface area contributed by atoms with Gasteiger partial charge < -0.3 is 4.57 Å². The minimum atomic E-state index is 0.103. The summed E-state index contributed by atoms with van der Waals surface area (Å²) in [7, 11) is 0. The Morgan fingerprint density at radius 3 is 2.00 bits per heavy atom. The van der Waals surface area contributed by atoms with E-state index in [0.29, 0.717) is 17.6 Å². The molecule has 0 N–H and O–H groups in total. The highest BCUT2D eigenvalue weighted by Crippen LogP contribution is 2.49. The third kappa shape index (κ3) is 5.38. The summed E-state index contributed by atoms with van der Waals surface area (Å²) in [4.78, 5) is 16.8. The number of hydrogen-bond acceptors (Lipinski definition) is 3. The largest absolute Gasteiger partial charge is 0.309 e. The summed E-state index contributed by atoms with van der Waals surface area (Å²) in [5.41, 5.74) is 13.9. The highest BCUT2D eigenvalue weighted by molar-refractivity contribution is 6.26. The molecular weight excluding hydrogens is 839 g/mol. The molecular formula is C64H43N5. The number of fused-ring (bicyclic) bond motifs is 7. The average molecular weight is 882 g/mol. The van der Waals surface area contributed by atoms with Gasteiger partial charge in [0, 0.05) is 44.3 Å². The number of nitrogens with zero attached hydrogens (tertiary/aromatic N) is 5. The van der Waals surface area contributed by atoms with E-state index in [1.165, 1.54) is 76.3 Å². The average Bonchev–Trinajstić information content (AvgIpc) is 3.91. The quantitative estimate of drug-likeness (QED) is 0.162. The number of benzene rings is 10. The van der Waals surface area contributed by atoms with Gasteiger partial charge in [-0.3, -0.25) is 4.57 Å². The number of para-hydroxylation sites is 2. The van der Waals surface area contributed by atoms with Crippen molar-refractivity contribution in [2.75, 3.05) is 0 Å². The Labute approximate surface area is 398 Å². The van der Waals surface area contributed by atoms with Gasteiger partial charge in [0.2, 0.25) is 5.95 Å². The highest BCUT2D eigenvalue weighted by Gasteiger charge is 2.34. The van der Waals surface area contributed by atoms with Gasteiger partial charge in [-0.25, -0.2) is 4.98 Å². The van der Waals surface area contributed by atoms with Gasteiger partial charge in [-0.1, -0.05) is 153 Å². The van der Waals surface area contributed by atoms with Crippen molar-refractivity contribution in [3.63, 3.8) is 0 Å². The predicted molar refractivity (Wildman–Crippen MR) is 290 cm³/mol. The first-order valence-corrected chi connectivity index (χ1v) is 24.1. The van der Waals surface area contributed by atoms with Crippen molar-refractivity contribution < 1.29 is 0 Å². The molecule has 0 saturated heterocycles. The lowest BCUT2D eigenvalue weighted by molar-refractivity contribution is 0.651. The Bertz CT molecular complexity index is 4420. The maximum atomic E-state index is 5.66. The Morgan fingerprint density at radius 2 is 1.20 bits per heavy atom. The summed E-state index contributed by atoms with van der Waals surface area (Å²) in [6.07, 6.45) is 11.4. The first-order valence-electron chi connectivity index (χ1n) is 24.1. The van der Waals surface area contributed by atoms with Gasteiger partial charge in [0.15, 0.2) is 11.6 Å². The first-order chi connectivity index (χ1) is 34.0. The zero-order valence-electron chi connectivity index (χ0n) is 38.4. The lowest BCUT2D eigenvalue weighted by Gasteiger charge is -2.33. The summed E-state index contributed by atoms with van der Waals surface area (Å²) < 4.78 is 4.75. The second-order valence-electron chi connectivity index (χ2n) is 19.2. The standard InChI is InChI=1S/C64H43N5/c1-4-11-42-34-47(28-20-36(42)2)68-54-19-8-6-17-51(54)60-55(68)31-30-50-49-16-5-7-18-53(49)69(61(50)60)64-66-62(46-32-43-24-21-38-12-9-13-39-22-25-44(33-46)58(43)56(38)39)65-63(67-64)52-35-45-26-23-40-14-10-15-41-27-29-48(37(52)3)59(45)57(40)41/h4-35,37,48H,1-3H3/b11-4-. The molecule has 0 fully saturated rings. The molecule has 0 aliphatic heterocycles. The van der Waals surface area contributed by atoms with E-state index in [0.717, 1.165) is 55.0 Å². The molecule has 10 aromatic carbocycles. The van der Waals surface area contributed by atoms with Gasteiger partial charge >= 0.3 is 0 Å². The van der Waals surface area contributed by atoms with Crippen LogP contribution in [0.15, 0.2) is 176 Å². The van der Waals surface area contributed by atoms with E-state index in [4.69, 9.17) is 15.0 Å². The molecule has 3 heterocycles. The van der Waals surface area contributed by atoms with Crippen molar-refractivity contribution in [3.05, 3.63) is 210 Å². The van der Waals surface area contributed by atoms with Gasteiger partial charge in [0.1, 0.15) is 0 Å². The minimum absolute atomic E-state index is 0.103. The zero-order chi connectivity index (χ0) is 45.6. The zero-order valence-corrected chi connectivity index (χ0v) is 38.4. The molecule has 0 bridgehead atoms. The first kappa shape index (κ1) is 38.4. The van der Waals surface area contributed by atoms with Crippen molar-refractivity contribution in [1.82, 2.24) is 24.1 Å². The Kier molecular flexibility index (Phi) is 7.90. The van der Waals surface area contributed by atoms with Crippen molar-refractivity contribution in [1.29, 1.82) is 0 Å². The van der Waals surface area contributed by atoms with Crippen LogP contribution in [-0.2, 0) is 0 Å². The molecule has 13 aromatic rings. The highest BCUT2D eigenvalue weighted by atomic mass is 15.2. The molecule has 324 valence electrons. The molecule has 2 unspecified atom stereocenters. The smallest absolute Gasteiger partial charge is 0.238 e. The normalized spacial score (nSPS) is 15.7. The lowest BCUT2D eigenvalue weighted by atomic mass is 9.71. The van der Waals surface area contributed by atoms with Crippen LogP contribution in [0.1, 0.15) is 53.4 Å². The molecule has 0 spiro atoms. The van der Waals surface area contributed by atoms with Crippen LogP contribution < -0.4 is 0 Å². The van der Waals surface area contributed by atoms with E-state index in [9.17, 15) is 0 Å².